The molecule has 0 atom stereocenters. The van der Waals surface area contributed by atoms with Gasteiger partial charge in [-0.1, -0.05) is 0 Å². The maximum atomic E-state index is 12.3. The number of anilines is 2. The van der Waals surface area contributed by atoms with Crippen LogP contribution >= 0.6 is 0 Å². The van der Waals surface area contributed by atoms with Crippen LogP contribution < -0.4 is 16.4 Å². The van der Waals surface area contributed by atoms with E-state index in [0.717, 1.165) is 31.9 Å². The molecule has 29 heavy (non-hydrogen) atoms. The van der Waals surface area contributed by atoms with Gasteiger partial charge in [0.05, 0.1) is 18.0 Å². The lowest BCUT2D eigenvalue weighted by molar-refractivity contribution is -0.384. The fraction of sp³-hybridized carbons (Fsp3) is 0.667. The Morgan fingerprint density at radius 1 is 1.31 bits per heavy atom. The summed E-state index contributed by atoms with van der Waals surface area (Å²) in [7, 11) is 0. The number of aromatic nitrogens is 2. The molecule has 0 bridgehead atoms. The number of carbonyl (C=O) groups excluding carboxylic acids is 2. The average Bonchev–Trinajstić information content (AvgIpc) is 2.71. The van der Waals surface area contributed by atoms with Crippen molar-refractivity contribution in [3.8, 4) is 0 Å². The van der Waals surface area contributed by atoms with Crippen LogP contribution in [0.3, 0.4) is 0 Å². The number of piperidine rings is 1. The average molecular weight is 405 g/mol. The molecule has 1 saturated heterocycles. The van der Waals surface area contributed by atoms with E-state index in [-0.39, 0.29) is 48.3 Å². The smallest absolute Gasteiger partial charge is 0.329 e. The topological polar surface area (TPSA) is 156 Å². The number of nitrogens with one attached hydrogen (secondary N) is 2. The Labute approximate surface area is 168 Å². The van der Waals surface area contributed by atoms with Gasteiger partial charge in [-0.2, -0.15) is 4.98 Å². The maximum Gasteiger partial charge on any atom is 0.329 e. The number of hydrogen-bond donors (Lipinski definition) is 3. The van der Waals surface area contributed by atoms with Crippen molar-refractivity contribution in [3.05, 3.63) is 16.3 Å². The zero-order chi connectivity index (χ0) is 20.8. The first kappa shape index (κ1) is 20.9. The molecular weight excluding hydrogens is 378 g/mol. The lowest BCUT2D eigenvalue weighted by Gasteiger charge is -2.26. The summed E-state index contributed by atoms with van der Waals surface area (Å²) in [5.74, 6) is 0.460. The summed E-state index contributed by atoms with van der Waals surface area (Å²) in [6.07, 6.45) is 6.15. The number of ketones is 1. The number of nitro groups is 1. The fourth-order valence-corrected chi connectivity index (χ4v) is 3.68. The van der Waals surface area contributed by atoms with Gasteiger partial charge < -0.3 is 21.3 Å². The molecule has 158 valence electrons. The summed E-state index contributed by atoms with van der Waals surface area (Å²) < 4.78 is 0. The van der Waals surface area contributed by atoms with Crippen molar-refractivity contribution in [1.82, 2.24) is 14.9 Å². The van der Waals surface area contributed by atoms with E-state index in [1.54, 1.807) is 0 Å². The highest BCUT2D eigenvalue weighted by Crippen LogP contribution is 2.26. The van der Waals surface area contributed by atoms with Crippen LogP contribution in [-0.2, 0) is 9.59 Å². The zero-order valence-corrected chi connectivity index (χ0v) is 16.3. The van der Waals surface area contributed by atoms with Gasteiger partial charge in [0, 0.05) is 25.6 Å². The molecule has 2 fully saturated rings. The minimum atomic E-state index is -0.534. The first-order valence-electron chi connectivity index (χ1n) is 9.96. The highest BCUT2D eigenvalue weighted by Gasteiger charge is 2.23. The summed E-state index contributed by atoms with van der Waals surface area (Å²) in [4.78, 5) is 44.1. The molecular formula is C18H27N7O4. The third-order valence-corrected chi connectivity index (χ3v) is 5.42. The lowest BCUT2D eigenvalue weighted by atomic mass is 9.86. The number of nitrogens with zero attached hydrogens (tertiary/aromatic N) is 4. The van der Waals surface area contributed by atoms with Gasteiger partial charge in [0.1, 0.15) is 6.20 Å². The SMILES string of the molecule is N[C@H]1CC[C@H](CNc2nc(NCC(=O)N3CCCC(=O)C3)ncc2[N+](=O)[O-])CC1. The van der Waals surface area contributed by atoms with Gasteiger partial charge in [-0.3, -0.25) is 19.7 Å². The minimum Gasteiger partial charge on any atom is -0.364 e. The minimum absolute atomic E-state index is 0.0475. The summed E-state index contributed by atoms with van der Waals surface area (Å²) in [5, 5.41) is 17.2. The summed E-state index contributed by atoms with van der Waals surface area (Å²) in [6, 6.07) is 0.239. The van der Waals surface area contributed by atoms with Gasteiger partial charge >= 0.3 is 5.69 Å². The molecule has 0 radical (unpaired) electrons. The monoisotopic (exact) mass is 405 g/mol. The van der Waals surface area contributed by atoms with Gasteiger partial charge in [0.2, 0.25) is 17.7 Å². The Balaban J connectivity index is 1.59. The zero-order valence-electron chi connectivity index (χ0n) is 16.3. The molecule has 1 aliphatic heterocycles. The quantitative estimate of drug-likeness (QED) is 0.443. The van der Waals surface area contributed by atoms with E-state index in [9.17, 15) is 19.7 Å². The Hall–Kier alpha value is -2.82. The maximum absolute atomic E-state index is 12.3. The van der Waals surface area contributed by atoms with E-state index < -0.39 is 4.92 Å². The third kappa shape index (κ3) is 5.83. The Morgan fingerprint density at radius 3 is 2.76 bits per heavy atom. The van der Waals surface area contributed by atoms with Gasteiger partial charge in [0.15, 0.2) is 5.78 Å². The number of amides is 1. The molecule has 0 unspecified atom stereocenters. The van der Waals surface area contributed by atoms with Crippen molar-refractivity contribution in [2.24, 2.45) is 11.7 Å². The summed E-state index contributed by atoms with van der Waals surface area (Å²) >= 11 is 0. The van der Waals surface area contributed by atoms with E-state index in [4.69, 9.17) is 5.73 Å². The molecule has 1 amide bonds. The van der Waals surface area contributed by atoms with Crippen LogP contribution in [0, 0.1) is 16.0 Å². The molecule has 3 rings (SSSR count). The van der Waals surface area contributed by atoms with Crippen LogP contribution in [0.5, 0.6) is 0 Å². The molecule has 1 saturated carbocycles. The standard InChI is InChI=1S/C18H27N7O4/c19-13-5-3-12(4-6-13)8-20-17-15(25(28)29)9-21-18(23-17)22-10-16(27)24-7-1-2-14(26)11-24/h9,12-13H,1-8,10-11,19H2,(H2,20,21,22,23)/t12-,13-. The third-order valence-electron chi connectivity index (χ3n) is 5.42. The van der Waals surface area contributed by atoms with E-state index in [0.29, 0.717) is 31.8 Å². The Kier molecular flexibility index (Phi) is 6.91. The first-order valence-corrected chi connectivity index (χ1v) is 9.96. The molecule has 1 aromatic heterocycles. The van der Waals surface area contributed by atoms with Crippen LogP contribution in [-0.4, -0.2) is 63.7 Å². The molecule has 1 aromatic rings. The van der Waals surface area contributed by atoms with E-state index in [1.807, 2.05) is 0 Å². The second-order valence-electron chi connectivity index (χ2n) is 7.66. The van der Waals surface area contributed by atoms with Crippen molar-refractivity contribution in [2.75, 3.05) is 36.8 Å². The predicted octanol–water partition coefficient (Wildman–Crippen LogP) is 0.918. The molecule has 0 spiro atoms. The molecule has 2 heterocycles. The van der Waals surface area contributed by atoms with E-state index in [2.05, 4.69) is 20.6 Å². The van der Waals surface area contributed by atoms with Crippen molar-refractivity contribution in [1.29, 1.82) is 0 Å². The largest absolute Gasteiger partial charge is 0.364 e. The van der Waals surface area contributed by atoms with Crippen LogP contribution in [0.4, 0.5) is 17.5 Å². The number of Topliss-reactive ketones (excluding diaryl/α,β-unsaturated/α-hetero) is 1. The van der Waals surface area contributed by atoms with Crippen molar-refractivity contribution in [3.63, 3.8) is 0 Å². The van der Waals surface area contributed by atoms with Crippen LogP contribution in [0.15, 0.2) is 6.20 Å². The predicted molar refractivity (Wildman–Crippen MR) is 106 cm³/mol. The molecule has 0 aromatic carbocycles. The fourth-order valence-electron chi connectivity index (χ4n) is 3.68. The highest BCUT2D eigenvalue weighted by molar-refractivity contribution is 5.88. The Morgan fingerprint density at radius 2 is 2.07 bits per heavy atom. The molecule has 4 N–H and O–H groups in total. The van der Waals surface area contributed by atoms with Crippen LogP contribution in [0.25, 0.3) is 0 Å². The Bertz CT molecular complexity index is 765. The van der Waals surface area contributed by atoms with Gasteiger partial charge in [-0.25, -0.2) is 4.98 Å². The lowest BCUT2D eigenvalue weighted by Crippen LogP contribution is -2.42. The second-order valence-corrected chi connectivity index (χ2v) is 7.66. The van der Waals surface area contributed by atoms with Gasteiger partial charge in [-0.15, -0.1) is 0 Å². The van der Waals surface area contributed by atoms with Crippen molar-refractivity contribution in [2.45, 2.75) is 44.6 Å². The summed E-state index contributed by atoms with van der Waals surface area (Å²) in [6.45, 7) is 1.16. The van der Waals surface area contributed by atoms with Crippen LogP contribution in [0.2, 0.25) is 0 Å². The highest BCUT2D eigenvalue weighted by atomic mass is 16.6. The normalized spacial score (nSPS) is 22.2. The van der Waals surface area contributed by atoms with Gasteiger partial charge in [0.25, 0.3) is 0 Å². The summed E-state index contributed by atoms with van der Waals surface area (Å²) in [5.41, 5.74) is 5.71. The van der Waals surface area contributed by atoms with E-state index >= 15 is 0 Å². The van der Waals surface area contributed by atoms with Crippen LogP contribution in [0.1, 0.15) is 38.5 Å². The van der Waals surface area contributed by atoms with Crippen molar-refractivity contribution < 1.29 is 14.5 Å². The number of likely N-dealkylation sites (tertiary alicyclic amines) is 1. The number of nitrogens with two attached hydrogens (primary N) is 1. The van der Waals surface area contributed by atoms with Gasteiger partial charge in [-0.05, 0) is 38.0 Å². The molecule has 1 aliphatic carbocycles. The second kappa shape index (κ2) is 9.59. The van der Waals surface area contributed by atoms with E-state index in [1.165, 1.54) is 4.90 Å². The first-order chi connectivity index (χ1) is 13.9. The molecule has 11 heteroatoms. The van der Waals surface area contributed by atoms with Crippen molar-refractivity contribution >= 4 is 29.1 Å². The molecule has 2 aliphatic rings. The number of rotatable bonds is 7. The number of hydrogen-bond acceptors (Lipinski definition) is 9. The number of carbonyl (C=O) groups is 2. The molecule has 11 nitrogen and oxygen atoms in total.